The average Bonchev–Trinajstić information content (AvgIpc) is 3.50. The van der Waals surface area contributed by atoms with Crippen LogP contribution in [0.5, 0.6) is 0 Å². The Labute approximate surface area is 177 Å². The molecule has 5 rings (SSSR count). The van der Waals surface area contributed by atoms with Crippen molar-refractivity contribution in [1.82, 2.24) is 20.2 Å². The highest BCUT2D eigenvalue weighted by Crippen LogP contribution is 2.47. The van der Waals surface area contributed by atoms with Crippen molar-refractivity contribution >= 4 is 22.9 Å². The maximum atomic E-state index is 12.6. The molecule has 0 unspecified atom stereocenters. The molecule has 1 aliphatic heterocycles. The van der Waals surface area contributed by atoms with Gasteiger partial charge in [-0.05, 0) is 37.0 Å². The summed E-state index contributed by atoms with van der Waals surface area (Å²) in [6.07, 6.45) is 3.35. The third kappa shape index (κ3) is 4.05. The summed E-state index contributed by atoms with van der Waals surface area (Å²) in [7, 11) is 0. The summed E-state index contributed by atoms with van der Waals surface area (Å²) in [6, 6.07) is 18.7. The Balaban J connectivity index is 1.13. The van der Waals surface area contributed by atoms with Gasteiger partial charge in [0, 0.05) is 38.1 Å². The monoisotopic (exact) mass is 403 g/mol. The Kier molecular flexibility index (Phi) is 5.17. The normalized spacial score (nSPS) is 18.9. The van der Waals surface area contributed by atoms with E-state index in [0.29, 0.717) is 6.54 Å². The fourth-order valence-corrected chi connectivity index (χ4v) is 4.47. The van der Waals surface area contributed by atoms with Crippen LogP contribution in [0.1, 0.15) is 24.8 Å². The minimum atomic E-state index is 0.134. The van der Waals surface area contributed by atoms with Crippen LogP contribution < -0.4 is 10.2 Å². The maximum Gasteiger partial charge on any atom is 0.234 e. The molecule has 0 spiro atoms. The summed E-state index contributed by atoms with van der Waals surface area (Å²) >= 11 is 0. The van der Waals surface area contributed by atoms with Crippen LogP contribution in [-0.2, 0) is 10.2 Å². The number of imidazole rings is 1. The topological polar surface area (TPSA) is 64.3 Å². The van der Waals surface area contributed by atoms with Crippen molar-refractivity contribution in [1.29, 1.82) is 0 Å². The lowest BCUT2D eigenvalue weighted by Crippen LogP contribution is -2.41. The summed E-state index contributed by atoms with van der Waals surface area (Å²) in [5, 5.41) is 3.20. The van der Waals surface area contributed by atoms with E-state index in [1.165, 1.54) is 5.56 Å². The minimum Gasteiger partial charge on any atom is -0.354 e. The van der Waals surface area contributed by atoms with Gasteiger partial charge in [0.05, 0.1) is 17.6 Å². The number of anilines is 1. The van der Waals surface area contributed by atoms with Crippen molar-refractivity contribution in [2.75, 3.05) is 44.2 Å². The highest BCUT2D eigenvalue weighted by atomic mass is 16.2. The minimum absolute atomic E-state index is 0.134. The second-order valence-corrected chi connectivity index (χ2v) is 8.62. The van der Waals surface area contributed by atoms with E-state index in [1.807, 2.05) is 24.3 Å². The largest absolute Gasteiger partial charge is 0.354 e. The molecule has 6 nitrogen and oxygen atoms in total. The molecule has 2 fully saturated rings. The van der Waals surface area contributed by atoms with Crippen LogP contribution in [0.4, 0.5) is 5.95 Å². The van der Waals surface area contributed by atoms with Gasteiger partial charge in [-0.2, -0.15) is 0 Å². The molecule has 1 amide bonds. The SMILES string of the molecule is O=C(CN1CCCN(c2nc3ccccc3[nH]2)CC1)NCC1(c2ccccc2)CC1. The molecule has 2 heterocycles. The Hall–Kier alpha value is -2.86. The third-order valence-corrected chi connectivity index (χ3v) is 6.50. The summed E-state index contributed by atoms with van der Waals surface area (Å²) in [6.45, 7) is 4.85. The van der Waals surface area contributed by atoms with Crippen LogP contribution in [0.25, 0.3) is 11.0 Å². The Morgan fingerprint density at radius 3 is 2.60 bits per heavy atom. The van der Waals surface area contributed by atoms with Gasteiger partial charge >= 0.3 is 0 Å². The lowest BCUT2D eigenvalue weighted by molar-refractivity contribution is -0.122. The first-order chi connectivity index (χ1) is 14.7. The lowest BCUT2D eigenvalue weighted by atomic mass is 9.96. The molecular formula is C24H29N5O. The molecule has 1 aromatic heterocycles. The number of nitrogens with one attached hydrogen (secondary N) is 2. The van der Waals surface area contributed by atoms with E-state index in [1.54, 1.807) is 0 Å². The van der Waals surface area contributed by atoms with Gasteiger partial charge in [0.2, 0.25) is 11.9 Å². The number of amides is 1. The second-order valence-electron chi connectivity index (χ2n) is 8.62. The van der Waals surface area contributed by atoms with E-state index in [2.05, 4.69) is 50.4 Å². The van der Waals surface area contributed by atoms with Gasteiger partial charge in [-0.3, -0.25) is 9.69 Å². The van der Waals surface area contributed by atoms with Gasteiger partial charge in [0.1, 0.15) is 0 Å². The fraction of sp³-hybridized carbons (Fsp3) is 0.417. The number of carbonyl (C=O) groups is 1. The van der Waals surface area contributed by atoms with Gasteiger partial charge in [0.15, 0.2) is 0 Å². The molecule has 2 aliphatic rings. The quantitative estimate of drug-likeness (QED) is 0.664. The van der Waals surface area contributed by atoms with E-state index in [9.17, 15) is 4.79 Å². The molecule has 0 bridgehead atoms. The van der Waals surface area contributed by atoms with Crippen molar-refractivity contribution in [3.63, 3.8) is 0 Å². The zero-order valence-corrected chi connectivity index (χ0v) is 17.3. The average molecular weight is 404 g/mol. The van der Waals surface area contributed by atoms with Crippen LogP contribution in [0.2, 0.25) is 0 Å². The number of benzene rings is 2. The number of hydrogen-bond donors (Lipinski definition) is 2. The molecule has 0 radical (unpaired) electrons. The predicted molar refractivity (Wildman–Crippen MR) is 120 cm³/mol. The first-order valence-electron chi connectivity index (χ1n) is 11.0. The molecule has 2 N–H and O–H groups in total. The van der Waals surface area contributed by atoms with Crippen molar-refractivity contribution in [2.24, 2.45) is 0 Å². The number of fused-ring (bicyclic) bond motifs is 1. The van der Waals surface area contributed by atoms with Crippen molar-refractivity contribution < 1.29 is 4.79 Å². The summed E-state index contributed by atoms with van der Waals surface area (Å²) in [4.78, 5) is 25.3. The molecule has 0 atom stereocenters. The molecule has 1 saturated heterocycles. The summed E-state index contributed by atoms with van der Waals surface area (Å²) in [5.41, 5.74) is 3.58. The first kappa shape index (κ1) is 19.1. The maximum absolute atomic E-state index is 12.6. The number of aromatic nitrogens is 2. The molecule has 30 heavy (non-hydrogen) atoms. The van der Waals surface area contributed by atoms with Crippen LogP contribution in [0, 0.1) is 0 Å². The molecule has 2 aromatic carbocycles. The third-order valence-electron chi connectivity index (χ3n) is 6.50. The zero-order valence-electron chi connectivity index (χ0n) is 17.3. The number of H-pyrrole nitrogens is 1. The number of para-hydroxylation sites is 2. The van der Waals surface area contributed by atoms with E-state index in [4.69, 9.17) is 4.98 Å². The second kappa shape index (κ2) is 8.11. The van der Waals surface area contributed by atoms with Gasteiger partial charge < -0.3 is 15.2 Å². The molecule has 1 aliphatic carbocycles. The number of nitrogens with zero attached hydrogens (tertiary/aromatic N) is 3. The molecular weight excluding hydrogens is 374 g/mol. The first-order valence-corrected chi connectivity index (χ1v) is 11.0. The Morgan fingerprint density at radius 1 is 1.00 bits per heavy atom. The summed E-state index contributed by atoms with van der Waals surface area (Å²) < 4.78 is 0. The molecule has 156 valence electrons. The highest BCUT2D eigenvalue weighted by molar-refractivity contribution is 5.78. The van der Waals surface area contributed by atoms with Crippen molar-refractivity contribution in [3.8, 4) is 0 Å². The predicted octanol–water partition coefficient (Wildman–Crippen LogP) is 2.92. The van der Waals surface area contributed by atoms with Crippen LogP contribution in [-0.4, -0.2) is 60.0 Å². The number of rotatable bonds is 6. The van der Waals surface area contributed by atoms with E-state index in [-0.39, 0.29) is 11.3 Å². The van der Waals surface area contributed by atoms with E-state index < -0.39 is 0 Å². The lowest BCUT2D eigenvalue weighted by Gasteiger charge is -2.22. The van der Waals surface area contributed by atoms with Gasteiger partial charge in [-0.25, -0.2) is 4.98 Å². The molecule has 6 heteroatoms. The smallest absolute Gasteiger partial charge is 0.234 e. The fourth-order valence-electron chi connectivity index (χ4n) is 4.47. The van der Waals surface area contributed by atoms with Crippen LogP contribution >= 0.6 is 0 Å². The zero-order chi connectivity index (χ0) is 20.4. The summed E-state index contributed by atoms with van der Waals surface area (Å²) in [5.74, 6) is 1.07. The van der Waals surface area contributed by atoms with Crippen LogP contribution in [0.15, 0.2) is 54.6 Å². The van der Waals surface area contributed by atoms with Crippen molar-refractivity contribution in [2.45, 2.75) is 24.7 Å². The van der Waals surface area contributed by atoms with E-state index >= 15 is 0 Å². The number of carbonyl (C=O) groups excluding carboxylic acids is 1. The number of hydrogen-bond acceptors (Lipinski definition) is 4. The molecule has 3 aromatic rings. The Morgan fingerprint density at radius 2 is 1.80 bits per heavy atom. The standard InChI is InChI=1S/C24H29N5O/c30-22(25-18-24(11-12-24)19-7-2-1-3-8-19)17-28-13-6-14-29(16-15-28)23-26-20-9-4-5-10-21(20)27-23/h1-5,7-10H,6,11-18H2,(H,25,30)(H,26,27). The van der Waals surface area contributed by atoms with E-state index in [0.717, 1.165) is 69.0 Å². The van der Waals surface area contributed by atoms with Crippen molar-refractivity contribution in [3.05, 3.63) is 60.2 Å². The Bertz CT molecular complexity index is 978. The number of aromatic amines is 1. The van der Waals surface area contributed by atoms with Crippen LogP contribution in [0.3, 0.4) is 0 Å². The van der Waals surface area contributed by atoms with Gasteiger partial charge in [-0.15, -0.1) is 0 Å². The van der Waals surface area contributed by atoms with Gasteiger partial charge in [-0.1, -0.05) is 42.5 Å². The molecule has 1 saturated carbocycles. The van der Waals surface area contributed by atoms with Gasteiger partial charge in [0.25, 0.3) is 0 Å². The highest BCUT2D eigenvalue weighted by Gasteiger charge is 2.44.